The summed E-state index contributed by atoms with van der Waals surface area (Å²) in [6.45, 7) is 6.30. The zero-order chi connectivity index (χ0) is 15.3. The first-order chi connectivity index (χ1) is 9.25. The van der Waals surface area contributed by atoms with Crippen LogP contribution in [0, 0.1) is 5.41 Å². The van der Waals surface area contributed by atoms with Crippen molar-refractivity contribution in [2.45, 2.75) is 40.5 Å². The highest BCUT2D eigenvalue weighted by molar-refractivity contribution is 6.29. The summed E-state index contributed by atoms with van der Waals surface area (Å²) in [6, 6.07) is 0. The van der Waals surface area contributed by atoms with E-state index < -0.39 is 17.4 Å². The lowest BCUT2D eigenvalue weighted by molar-refractivity contribution is -0.140. The fraction of sp³-hybridized carbons (Fsp3) is 0.467. The molecule has 0 aliphatic heterocycles. The van der Waals surface area contributed by atoms with Crippen LogP contribution in [-0.2, 0) is 19.1 Å². The number of halogens is 1. The van der Waals surface area contributed by atoms with Gasteiger partial charge in [0, 0.05) is 18.9 Å². The Morgan fingerprint density at radius 1 is 1.20 bits per heavy atom. The third kappa shape index (κ3) is 4.23. The van der Waals surface area contributed by atoms with Crippen molar-refractivity contribution in [2.75, 3.05) is 0 Å². The average molecular weight is 299 g/mol. The van der Waals surface area contributed by atoms with Gasteiger partial charge >= 0.3 is 11.9 Å². The van der Waals surface area contributed by atoms with Gasteiger partial charge in [-0.1, -0.05) is 17.7 Å². The van der Waals surface area contributed by atoms with Crippen LogP contribution in [0.3, 0.4) is 0 Å². The van der Waals surface area contributed by atoms with Crippen LogP contribution >= 0.6 is 11.6 Å². The Hall–Kier alpha value is -1.55. The summed E-state index contributed by atoms with van der Waals surface area (Å²) in [5, 5.41) is 0.626. The van der Waals surface area contributed by atoms with Crippen LogP contribution in [0.1, 0.15) is 40.5 Å². The lowest BCUT2D eigenvalue weighted by atomic mass is 9.78. The van der Waals surface area contributed by atoms with Gasteiger partial charge in [0.05, 0.1) is 5.41 Å². The van der Waals surface area contributed by atoms with Crippen molar-refractivity contribution >= 4 is 23.5 Å². The Labute approximate surface area is 124 Å². The molecular weight excluding hydrogens is 280 g/mol. The fourth-order valence-electron chi connectivity index (χ4n) is 2.01. The molecule has 0 bridgehead atoms. The standard InChI is InChI=1S/C15H19ClO4/c1-10(16)8-9-15(4)13(19-11(2)17)6-5-7-14(15)20-12(3)18/h6-8H,5,9H2,1-4H3/b10-8+. The van der Waals surface area contributed by atoms with Gasteiger partial charge in [0.15, 0.2) is 0 Å². The first-order valence-corrected chi connectivity index (χ1v) is 6.74. The molecule has 0 aromatic rings. The van der Waals surface area contributed by atoms with Crippen molar-refractivity contribution in [1.82, 2.24) is 0 Å². The van der Waals surface area contributed by atoms with E-state index >= 15 is 0 Å². The van der Waals surface area contributed by atoms with Gasteiger partial charge in [-0.15, -0.1) is 0 Å². The molecule has 20 heavy (non-hydrogen) atoms. The molecule has 0 unspecified atom stereocenters. The van der Waals surface area contributed by atoms with Crippen molar-refractivity contribution in [1.29, 1.82) is 0 Å². The maximum absolute atomic E-state index is 11.2. The molecule has 1 aliphatic carbocycles. The second kappa shape index (κ2) is 6.75. The second-order valence-electron chi connectivity index (χ2n) is 4.89. The van der Waals surface area contributed by atoms with Gasteiger partial charge in [-0.05, 0) is 38.8 Å². The zero-order valence-electron chi connectivity index (χ0n) is 12.2. The van der Waals surface area contributed by atoms with Crippen LogP contribution in [0.25, 0.3) is 0 Å². The number of hydrogen-bond donors (Lipinski definition) is 0. The van der Waals surface area contributed by atoms with E-state index in [9.17, 15) is 9.59 Å². The monoisotopic (exact) mass is 298 g/mol. The summed E-state index contributed by atoms with van der Waals surface area (Å²) in [5.74, 6) is 0.159. The van der Waals surface area contributed by atoms with E-state index in [0.29, 0.717) is 29.4 Å². The minimum Gasteiger partial charge on any atom is -0.431 e. The molecule has 5 heteroatoms. The fourth-order valence-corrected chi connectivity index (χ4v) is 2.09. The number of rotatable bonds is 4. The Bertz CT molecular complexity index is 464. The molecule has 110 valence electrons. The Kier molecular flexibility index (Phi) is 5.57. The molecular formula is C15H19ClO4. The Morgan fingerprint density at radius 2 is 1.65 bits per heavy atom. The molecule has 0 amide bonds. The smallest absolute Gasteiger partial charge is 0.307 e. The van der Waals surface area contributed by atoms with Crippen molar-refractivity contribution in [3.63, 3.8) is 0 Å². The number of esters is 2. The molecule has 0 N–H and O–H groups in total. The second-order valence-corrected chi connectivity index (χ2v) is 5.48. The van der Waals surface area contributed by atoms with Gasteiger partial charge in [-0.25, -0.2) is 0 Å². The summed E-state index contributed by atoms with van der Waals surface area (Å²) in [4.78, 5) is 22.5. The topological polar surface area (TPSA) is 52.6 Å². The number of carbonyl (C=O) groups excluding carboxylic acids is 2. The first-order valence-electron chi connectivity index (χ1n) is 6.36. The molecule has 1 aliphatic rings. The van der Waals surface area contributed by atoms with Gasteiger partial charge in [0.1, 0.15) is 11.5 Å². The SMILES string of the molecule is CC(=O)OC1=CCC=C(OC(C)=O)C1(C)C/C=C(\C)Cl. The van der Waals surface area contributed by atoms with E-state index in [-0.39, 0.29) is 0 Å². The van der Waals surface area contributed by atoms with Gasteiger partial charge in [-0.2, -0.15) is 0 Å². The predicted octanol–water partition coefficient (Wildman–Crippen LogP) is 3.82. The zero-order valence-corrected chi connectivity index (χ0v) is 12.9. The maximum Gasteiger partial charge on any atom is 0.307 e. The predicted molar refractivity (Wildman–Crippen MR) is 76.6 cm³/mol. The van der Waals surface area contributed by atoms with Gasteiger partial charge in [-0.3, -0.25) is 9.59 Å². The van der Waals surface area contributed by atoms with Crippen LogP contribution in [-0.4, -0.2) is 11.9 Å². The van der Waals surface area contributed by atoms with Crippen molar-refractivity contribution in [2.24, 2.45) is 5.41 Å². The molecule has 4 nitrogen and oxygen atoms in total. The summed E-state index contributed by atoms with van der Waals surface area (Å²) in [6.07, 6.45) is 6.45. The third-order valence-corrected chi connectivity index (χ3v) is 3.15. The minimum absolute atomic E-state index is 0.405. The summed E-state index contributed by atoms with van der Waals surface area (Å²) in [7, 11) is 0. The molecule has 0 aromatic heterocycles. The van der Waals surface area contributed by atoms with Crippen LogP contribution in [0.5, 0.6) is 0 Å². The molecule has 0 aromatic carbocycles. The lowest BCUT2D eigenvalue weighted by Crippen LogP contribution is -2.29. The summed E-state index contributed by atoms with van der Waals surface area (Å²) >= 11 is 5.87. The molecule has 0 atom stereocenters. The van der Waals surface area contributed by atoms with Crippen molar-refractivity contribution in [3.05, 3.63) is 34.8 Å². The van der Waals surface area contributed by atoms with Crippen LogP contribution in [0.15, 0.2) is 34.8 Å². The van der Waals surface area contributed by atoms with Crippen LogP contribution in [0.4, 0.5) is 0 Å². The Balaban J connectivity index is 3.12. The van der Waals surface area contributed by atoms with E-state index in [1.54, 1.807) is 6.92 Å². The maximum atomic E-state index is 11.2. The van der Waals surface area contributed by atoms with Gasteiger partial charge < -0.3 is 9.47 Å². The third-order valence-electron chi connectivity index (χ3n) is 2.99. The number of hydrogen-bond acceptors (Lipinski definition) is 4. The van der Waals surface area contributed by atoms with E-state index in [4.69, 9.17) is 21.1 Å². The van der Waals surface area contributed by atoms with Gasteiger partial charge in [0.25, 0.3) is 0 Å². The number of carbonyl (C=O) groups is 2. The molecule has 1 rings (SSSR count). The first kappa shape index (κ1) is 16.5. The van der Waals surface area contributed by atoms with E-state index in [0.717, 1.165) is 0 Å². The lowest BCUT2D eigenvalue weighted by Gasteiger charge is -2.34. The van der Waals surface area contributed by atoms with Gasteiger partial charge in [0.2, 0.25) is 0 Å². The highest BCUT2D eigenvalue weighted by atomic mass is 35.5. The highest BCUT2D eigenvalue weighted by Crippen LogP contribution is 2.43. The normalized spacial score (nSPS) is 17.9. The minimum atomic E-state index is -0.717. The van der Waals surface area contributed by atoms with Crippen molar-refractivity contribution in [3.8, 4) is 0 Å². The van der Waals surface area contributed by atoms with E-state index in [1.807, 2.05) is 25.2 Å². The highest BCUT2D eigenvalue weighted by Gasteiger charge is 2.39. The molecule has 0 spiro atoms. The average Bonchev–Trinajstić information content (AvgIpc) is 2.31. The molecule has 0 fully saturated rings. The van der Waals surface area contributed by atoms with Crippen LogP contribution < -0.4 is 0 Å². The van der Waals surface area contributed by atoms with E-state index in [2.05, 4.69) is 0 Å². The summed E-state index contributed by atoms with van der Waals surface area (Å²) < 4.78 is 10.5. The largest absolute Gasteiger partial charge is 0.431 e. The number of ether oxygens (including phenoxy) is 2. The molecule has 0 saturated heterocycles. The molecule has 0 saturated carbocycles. The van der Waals surface area contributed by atoms with E-state index in [1.165, 1.54) is 13.8 Å². The summed E-state index contributed by atoms with van der Waals surface area (Å²) in [5.41, 5.74) is -0.717. The van der Waals surface area contributed by atoms with Crippen molar-refractivity contribution < 1.29 is 19.1 Å². The number of allylic oxidation sites excluding steroid dienone is 4. The Morgan fingerprint density at radius 3 is 2.00 bits per heavy atom. The molecule has 0 heterocycles. The molecule has 0 radical (unpaired) electrons. The van der Waals surface area contributed by atoms with Crippen LogP contribution in [0.2, 0.25) is 0 Å². The quantitative estimate of drug-likeness (QED) is 0.740.